The quantitative estimate of drug-likeness (QED) is 0.191. The molecule has 172 valence electrons. The number of nitrogens with zero attached hydrogens (tertiary/aromatic N) is 3. The Bertz CT molecular complexity index is 1340. The number of rotatable bonds is 6. The van der Waals surface area contributed by atoms with Crippen LogP contribution >= 0.6 is 0 Å². The minimum absolute atomic E-state index is 0.122. The normalized spacial score (nSPS) is 11.7. The fourth-order valence-corrected chi connectivity index (χ4v) is 3.30. The van der Waals surface area contributed by atoms with Gasteiger partial charge in [0.1, 0.15) is 24.5 Å². The summed E-state index contributed by atoms with van der Waals surface area (Å²) in [6.45, 7) is 5.99. The number of ether oxygens (including phenoxy) is 1. The highest BCUT2D eigenvalue weighted by Crippen LogP contribution is 2.32. The third-order valence-electron chi connectivity index (χ3n) is 4.88. The van der Waals surface area contributed by atoms with Gasteiger partial charge in [-0.2, -0.15) is 10.1 Å². The molecule has 0 fully saturated rings. The number of hydrogen-bond donors (Lipinski definition) is 4. The molecule has 2 aromatic carbocycles. The Balaban J connectivity index is 0.000000636. The molecule has 0 unspecified atom stereocenters. The van der Waals surface area contributed by atoms with Gasteiger partial charge in [0.25, 0.3) is 0 Å². The number of fused-ring (bicyclic) bond motifs is 2. The average molecular weight is 457 g/mol. The highest BCUT2D eigenvalue weighted by atomic mass is 16.5. The third-order valence-corrected chi connectivity index (χ3v) is 4.88. The molecule has 10 nitrogen and oxygen atoms in total. The Labute approximate surface area is 195 Å². The standard InChI is InChI=1S/C21H19N7O2.C3H4O/c1-12(29)16-11-23-21(26-14-2-4-17-13(8-14)10-24-28-17)27-20(16)25-15-3-5-19-18(9-15)22-6-7-30-19;1-2-3-4/h2-5,8-11,22H,6-7H2,1H3,(H,24,28)(H2,23,25,26,27);2-3H,1H2. The second-order valence-electron chi connectivity index (χ2n) is 7.29. The molecule has 3 heterocycles. The van der Waals surface area contributed by atoms with Crippen molar-refractivity contribution in [3.8, 4) is 5.75 Å². The van der Waals surface area contributed by atoms with Gasteiger partial charge in [0.15, 0.2) is 5.78 Å². The van der Waals surface area contributed by atoms with E-state index in [0.29, 0.717) is 30.2 Å². The molecule has 5 rings (SSSR count). The van der Waals surface area contributed by atoms with Crippen LogP contribution < -0.4 is 20.7 Å². The van der Waals surface area contributed by atoms with Crippen LogP contribution in [-0.2, 0) is 4.79 Å². The molecular formula is C24H23N7O3. The first-order chi connectivity index (χ1) is 16.6. The molecule has 0 aliphatic carbocycles. The van der Waals surface area contributed by atoms with Crippen LogP contribution in [0.3, 0.4) is 0 Å². The second-order valence-corrected chi connectivity index (χ2v) is 7.29. The summed E-state index contributed by atoms with van der Waals surface area (Å²) >= 11 is 0. The highest BCUT2D eigenvalue weighted by molar-refractivity contribution is 5.99. The number of carbonyl (C=O) groups is 2. The van der Waals surface area contributed by atoms with Crippen LogP contribution in [0.5, 0.6) is 5.75 Å². The number of aromatic amines is 1. The van der Waals surface area contributed by atoms with Crippen LogP contribution in [0.25, 0.3) is 10.9 Å². The maximum atomic E-state index is 12.1. The van der Waals surface area contributed by atoms with Crippen molar-refractivity contribution in [1.82, 2.24) is 20.2 Å². The van der Waals surface area contributed by atoms with Crippen molar-refractivity contribution in [2.75, 3.05) is 29.1 Å². The summed E-state index contributed by atoms with van der Waals surface area (Å²) in [6, 6.07) is 11.5. The van der Waals surface area contributed by atoms with E-state index in [-0.39, 0.29) is 5.78 Å². The van der Waals surface area contributed by atoms with Crippen molar-refractivity contribution in [2.24, 2.45) is 0 Å². The number of ketones is 1. The predicted octanol–water partition coefficient (Wildman–Crippen LogP) is 4.22. The SMILES string of the molecule is C=CC=O.CC(=O)c1cnc(Nc2ccc3[nH]ncc3c2)nc1Nc1ccc2c(c1)NCCO2. The maximum Gasteiger partial charge on any atom is 0.229 e. The van der Waals surface area contributed by atoms with Gasteiger partial charge in [-0.3, -0.25) is 14.7 Å². The topological polar surface area (TPSA) is 134 Å². The number of aromatic nitrogens is 4. The van der Waals surface area contributed by atoms with E-state index in [0.717, 1.165) is 40.3 Å². The van der Waals surface area contributed by atoms with Crippen LogP contribution in [0, 0.1) is 0 Å². The van der Waals surface area contributed by atoms with E-state index in [2.05, 4.69) is 42.7 Å². The Hall–Kier alpha value is -4.73. The molecule has 0 atom stereocenters. The molecule has 10 heteroatoms. The minimum atomic E-state index is -0.122. The van der Waals surface area contributed by atoms with Gasteiger partial charge in [-0.05, 0) is 49.4 Å². The summed E-state index contributed by atoms with van der Waals surface area (Å²) in [5.74, 6) is 1.49. The van der Waals surface area contributed by atoms with E-state index in [1.165, 1.54) is 19.2 Å². The zero-order valence-corrected chi connectivity index (χ0v) is 18.5. The van der Waals surface area contributed by atoms with Gasteiger partial charge in [0.05, 0.1) is 23.0 Å². The number of benzene rings is 2. The smallest absolute Gasteiger partial charge is 0.229 e. The number of Topliss-reactive ketones (excluding diaryl/α,β-unsaturated/α-hetero) is 1. The summed E-state index contributed by atoms with van der Waals surface area (Å²) in [5, 5.41) is 17.6. The van der Waals surface area contributed by atoms with Crippen molar-refractivity contribution in [3.05, 3.63) is 67.0 Å². The van der Waals surface area contributed by atoms with Crippen molar-refractivity contribution in [1.29, 1.82) is 0 Å². The molecule has 0 amide bonds. The first kappa shape index (κ1) is 22.5. The van der Waals surface area contributed by atoms with Crippen molar-refractivity contribution in [2.45, 2.75) is 6.92 Å². The molecular weight excluding hydrogens is 434 g/mol. The van der Waals surface area contributed by atoms with Crippen molar-refractivity contribution >= 4 is 51.8 Å². The average Bonchev–Trinajstić information content (AvgIpc) is 3.32. The van der Waals surface area contributed by atoms with E-state index < -0.39 is 0 Å². The molecule has 1 aliphatic heterocycles. The van der Waals surface area contributed by atoms with E-state index in [1.807, 2.05) is 36.4 Å². The largest absolute Gasteiger partial charge is 0.490 e. The zero-order valence-electron chi connectivity index (χ0n) is 18.5. The van der Waals surface area contributed by atoms with Crippen LogP contribution in [0.15, 0.2) is 61.4 Å². The first-order valence-corrected chi connectivity index (χ1v) is 10.5. The summed E-state index contributed by atoms with van der Waals surface area (Å²) in [4.78, 5) is 30.0. The molecule has 4 N–H and O–H groups in total. The molecule has 34 heavy (non-hydrogen) atoms. The second kappa shape index (κ2) is 10.3. The number of allylic oxidation sites excluding steroid dienone is 1. The van der Waals surface area contributed by atoms with E-state index in [4.69, 9.17) is 9.53 Å². The number of nitrogens with one attached hydrogen (secondary N) is 4. The van der Waals surface area contributed by atoms with Crippen molar-refractivity contribution < 1.29 is 14.3 Å². The van der Waals surface area contributed by atoms with Crippen LogP contribution in [0.2, 0.25) is 0 Å². The lowest BCUT2D eigenvalue weighted by Crippen LogP contribution is -2.18. The van der Waals surface area contributed by atoms with Crippen LogP contribution in [0.4, 0.5) is 28.8 Å². The van der Waals surface area contributed by atoms with E-state index in [9.17, 15) is 4.79 Å². The minimum Gasteiger partial charge on any atom is -0.490 e. The van der Waals surface area contributed by atoms with Gasteiger partial charge < -0.3 is 20.7 Å². The highest BCUT2D eigenvalue weighted by Gasteiger charge is 2.14. The monoisotopic (exact) mass is 457 g/mol. The predicted molar refractivity (Wildman–Crippen MR) is 131 cm³/mol. The summed E-state index contributed by atoms with van der Waals surface area (Å²) < 4.78 is 5.61. The van der Waals surface area contributed by atoms with Gasteiger partial charge in [0, 0.05) is 29.5 Å². The van der Waals surface area contributed by atoms with Crippen LogP contribution in [-0.4, -0.2) is 45.4 Å². The number of aldehydes is 1. The number of carbonyl (C=O) groups excluding carboxylic acids is 2. The number of anilines is 5. The van der Waals surface area contributed by atoms with Gasteiger partial charge in [0.2, 0.25) is 5.95 Å². The Kier molecular flexibility index (Phi) is 6.78. The first-order valence-electron chi connectivity index (χ1n) is 10.5. The summed E-state index contributed by atoms with van der Waals surface area (Å²) in [7, 11) is 0. The molecule has 0 saturated heterocycles. The Morgan fingerprint density at radius 2 is 1.94 bits per heavy atom. The molecule has 4 aromatic rings. The van der Waals surface area contributed by atoms with E-state index >= 15 is 0 Å². The lowest BCUT2D eigenvalue weighted by atomic mass is 10.2. The molecule has 1 aliphatic rings. The Morgan fingerprint density at radius 3 is 2.74 bits per heavy atom. The number of H-pyrrole nitrogens is 1. The molecule has 2 aromatic heterocycles. The fourth-order valence-electron chi connectivity index (χ4n) is 3.30. The molecule has 0 radical (unpaired) electrons. The van der Waals surface area contributed by atoms with Gasteiger partial charge in [-0.25, -0.2) is 4.98 Å². The van der Waals surface area contributed by atoms with Gasteiger partial charge >= 0.3 is 0 Å². The maximum absolute atomic E-state index is 12.1. The molecule has 0 bridgehead atoms. The fraction of sp³-hybridized carbons (Fsp3) is 0.125. The molecule has 0 saturated carbocycles. The Morgan fingerprint density at radius 1 is 1.15 bits per heavy atom. The zero-order chi connectivity index (χ0) is 23.9. The lowest BCUT2D eigenvalue weighted by Gasteiger charge is -2.20. The summed E-state index contributed by atoms with van der Waals surface area (Å²) in [5.41, 5.74) is 3.87. The lowest BCUT2D eigenvalue weighted by molar-refractivity contribution is -0.104. The van der Waals surface area contributed by atoms with Crippen LogP contribution in [0.1, 0.15) is 17.3 Å². The van der Waals surface area contributed by atoms with E-state index in [1.54, 1.807) is 6.20 Å². The van der Waals surface area contributed by atoms with Gasteiger partial charge in [-0.1, -0.05) is 6.58 Å². The number of hydrogen-bond acceptors (Lipinski definition) is 9. The van der Waals surface area contributed by atoms with Gasteiger partial charge in [-0.15, -0.1) is 0 Å². The summed E-state index contributed by atoms with van der Waals surface area (Å²) in [6.07, 6.45) is 5.11. The third kappa shape index (κ3) is 5.18. The van der Waals surface area contributed by atoms with Crippen molar-refractivity contribution in [3.63, 3.8) is 0 Å². The molecule has 0 spiro atoms.